The molecule has 0 saturated heterocycles. The summed E-state index contributed by atoms with van der Waals surface area (Å²) < 4.78 is 5.18. The lowest BCUT2D eigenvalue weighted by Crippen LogP contribution is -2.30. The number of benzene rings is 3. The third kappa shape index (κ3) is 4.07. The Morgan fingerprint density at radius 3 is 2.12 bits per heavy atom. The van der Waals surface area contributed by atoms with Crippen molar-refractivity contribution in [3.8, 4) is 5.75 Å². The van der Waals surface area contributed by atoms with Crippen molar-refractivity contribution in [3.63, 3.8) is 0 Å². The summed E-state index contributed by atoms with van der Waals surface area (Å²) in [5.74, 6) is 0.705. The SMILES string of the molecule is COc1ccc(C(=O)N(Cc2ccccc2)c2ccc(C)cc2)cc1. The fraction of sp³-hybridized carbons (Fsp3) is 0.136. The van der Waals surface area contributed by atoms with Gasteiger partial charge in [0.15, 0.2) is 0 Å². The smallest absolute Gasteiger partial charge is 0.258 e. The van der Waals surface area contributed by atoms with Gasteiger partial charge in [0.25, 0.3) is 5.91 Å². The van der Waals surface area contributed by atoms with Gasteiger partial charge in [-0.3, -0.25) is 4.79 Å². The van der Waals surface area contributed by atoms with Crippen molar-refractivity contribution in [1.29, 1.82) is 0 Å². The number of nitrogens with zero attached hydrogens (tertiary/aromatic N) is 1. The van der Waals surface area contributed by atoms with Gasteiger partial charge < -0.3 is 9.64 Å². The van der Waals surface area contributed by atoms with Crippen LogP contribution < -0.4 is 9.64 Å². The molecule has 0 radical (unpaired) electrons. The molecule has 0 atom stereocenters. The average molecular weight is 331 g/mol. The first-order valence-corrected chi connectivity index (χ1v) is 8.24. The van der Waals surface area contributed by atoms with Gasteiger partial charge in [0, 0.05) is 11.3 Å². The number of methoxy groups -OCH3 is 1. The minimum absolute atomic E-state index is 0.0321. The highest BCUT2D eigenvalue weighted by Crippen LogP contribution is 2.22. The van der Waals surface area contributed by atoms with Gasteiger partial charge in [0.2, 0.25) is 0 Å². The van der Waals surface area contributed by atoms with E-state index in [1.165, 1.54) is 5.56 Å². The lowest BCUT2D eigenvalue weighted by Gasteiger charge is -2.23. The normalized spacial score (nSPS) is 10.3. The summed E-state index contributed by atoms with van der Waals surface area (Å²) in [6.45, 7) is 2.56. The highest BCUT2D eigenvalue weighted by molar-refractivity contribution is 6.06. The Bertz CT molecular complexity index is 824. The quantitative estimate of drug-likeness (QED) is 0.669. The first-order chi connectivity index (χ1) is 12.2. The van der Waals surface area contributed by atoms with Crippen LogP contribution in [-0.2, 0) is 6.54 Å². The lowest BCUT2D eigenvalue weighted by molar-refractivity contribution is 0.0985. The maximum Gasteiger partial charge on any atom is 0.258 e. The molecule has 0 saturated carbocycles. The Morgan fingerprint density at radius 2 is 1.52 bits per heavy atom. The van der Waals surface area contributed by atoms with Gasteiger partial charge in [-0.2, -0.15) is 0 Å². The molecule has 0 heterocycles. The first kappa shape index (κ1) is 16.8. The Hall–Kier alpha value is -3.07. The fourth-order valence-electron chi connectivity index (χ4n) is 2.66. The molecular weight excluding hydrogens is 310 g/mol. The molecule has 25 heavy (non-hydrogen) atoms. The molecule has 0 N–H and O–H groups in total. The Morgan fingerprint density at radius 1 is 0.880 bits per heavy atom. The fourth-order valence-corrected chi connectivity index (χ4v) is 2.66. The number of carbonyl (C=O) groups is 1. The first-order valence-electron chi connectivity index (χ1n) is 8.24. The van der Waals surface area contributed by atoms with Crippen molar-refractivity contribution in [3.05, 3.63) is 95.6 Å². The summed E-state index contributed by atoms with van der Waals surface area (Å²) in [5.41, 5.74) is 3.78. The van der Waals surface area contributed by atoms with E-state index in [1.807, 2.05) is 73.7 Å². The Balaban J connectivity index is 1.94. The zero-order valence-corrected chi connectivity index (χ0v) is 14.5. The van der Waals surface area contributed by atoms with Crippen LogP contribution in [0, 0.1) is 6.92 Å². The van der Waals surface area contributed by atoms with Crippen LogP contribution >= 0.6 is 0 Å². The summed E-state index contributed by atoms with van der Waals surface area (Å²) in [5, 5.41) is 0. The molecule has 0 unspecified atom stereocenters. The van der Waals surface area contributed by atoms with Gasteiger partial charge in [-0.25, -0.2) is 0 Å². The molecule has 3 rings (SSSR count). The van der Waals surface area contributed by atoms with Crippen LogP contribution in [0.3, 0.4) is 0 Å². The van der Waals surface area contributed by atoms with E-state index in [0.717, 1.165) is 17.0 Å². The second-order valence-electron chi connectivity index (χ2n) is 5.94. The molecule has 0 aliphatic rings. The van der Waals surface area contributed by atoms with E-state index >= 15 is 0 Å². The van der Waals surface area contributed by atoms with Crippen LogP contribution in [0.2, 0.25) is 0 Å². The topological polar surface area (TPSA) is 29.5 Å². The van der Waals surface area contributed by atoms with Crippen LogP contribution in [0.5, 0.6) is 5.75 Å². The van der Waals surface area contributed by atoms with E-state index in [1.54, 1.807) is 24.1 Å². The number of hydrogen-bond donors (Lipinski definition) is 0. The monoisotopic (exact) mass is 331 g/mol. The largest absolute Gasteiger partial charge is 0.497 e. The van der Waals surface area contributed by atoms with Crippen molar-refractivity contribution >= 4 is 11.6 Å². The standard InChI is InChI=1S/C22H21NO2/c1-17-8-12-20(13-9-17)23(16-18-6-4-3-5-7-18)22(24)19-10-14-21(25-2)15-11-19/h3-15H,16H2,1-2H3. The van der Waals surface area contributed by atoms with E-state index in [4.69, 9.17) is 4.74 Å². The minimum atomic E-state index is -0.0321. The summed E-state index contributed by atoms with van der Waals surface area (Å²) in [6, 6.07) is 25.2. The van der Waals surface area contributed by atoms with Gasteiger partial charge in [-0.1, -0.05) is 48.0 Å². The number of carbonyl (C=O) groups excluding carboxylic acids is 1. The molecule has 1 amide bonds. The van der Waals surface area contributed by atoms with Gasteiger partial charge in [0.05, 0.1) is 13.7 Å². The van der Waals surface area contributed by atoms with Gasteiger partial charge in [0.1, 0.15) is 5.75 Å². The molecule has 0 aliphatic carbocycles. The zero-order chi connectivity index (χ0) is 17.6. The second-order valence-corrected chi connectivity index (χ2v) is 5.94. The van der Waals surface area contributed by atoms with E-state index in [0.29, 0.717) is 12.1 Å². The van der Waals surface area contributed by atoms with E-state index in [2.05, 4.69) is 0 Å². The molecule has 3 nitrogen and oxygen atoms in total. The van der Waals surface area contributed by atoms with Crippen molar-refractivity contribution in [2.75, 3.05) is 12.0 Å². The van der Waals surface area contributed by atoms with E-state index < -0.39 is 0 Å². The molecule has 3 heteroatoms. The number of amides is 1. The molecular formula is C22H21NO2. The molecule has 3 aromatic rings. The maximum absolute atomic E-state index is 13.1. The number of aryl methyl sites for hydroxylation is 1. The maximum atomic E-state index is 13.1. The molecule has 0 aromatic heterocycles. The number of anilines is 1. The van der Waals surface area contributed by atoms with Crippen molar-refractivity contribution < 1.29 is 9.53 Å². The van der Waals surface area contributed by atoms with Gasteiger partial charge in [-0.15, -0.1) is 0 Å². The average Bonchev–Trinajstić information content (AvgIpc) is 2.67. The summed E-state index contributed by atoms with van der Waals surface area (Å²) in [4.78, 5) is 14.9. The lowest BCUT2D eigenvalue weighted by atomic mass is 10.1. The molecule has 126 valence electrons. The molecule has 0 bridgehead atoms. The number of hydrogen-bond acceptors (Lipinski definition) is 2. The Kier molecular flexibility index (Phi) is 5.14. The van der Waals surface area contributed by atoms with Crippen LogP contribution in [0.4, 0.5) is 5.69 Å². The third-order valence-corrected chi connectivity index (χ3v) is 4.11. The van der Waals surface area contributed by atoms with Crippen molar-refractivity contribution in [2.24, 2.45) is 0 Å². The van der Waals surface area contributed by atoms with E-state index in [-0.39, 0.29) is 5.91 Å². The molecule has 0 fully saturated rings. The van der Waals surface area contributed by atoms with Crippen LogP contribution in [0.15, 0.2) is 78.9 Å². The number of ether oxygens (including phenoxy) is 1. The Labute approximate surface area is 148 Å². The van der Waals surface area contributed by atoms with Crippen molar-refractivity contribution in [2.45, 2.75) is 13.5 Å². The predicted octanol–water partition coefficient (Wildman–Crippen LogP) is 4.85. The number of rotatable bonds is 5. The van der Waals surface area contributed by atoms with Crippen molar-refractivity contribution in [1.82, 2.24) is 0 Å². The van der Waals surface area contributed by atoms with Gasteiger partial charge in [-0.05, 0) is 48.9 Å². The summed E-state index contributed by atoms with van der Waals surface area (Å²) >= 11 is 0. The third-order valence-electron chi connectivity index (χ3n) is 4.11. The zero-order valence-electron chi connectivity index (χ0n) is 14.5. The highest BCUT2D eigenvalue weighted by atomic mass is 16.5. The summed E-state index contributed by atoms with van der Waals surface area (Å²) in [7, 11) is 1.62. The van der Waals surface area contributed by atoms with Gasteiger partial charge >= 0.3 is 0 Å². The van der Waals surface area contributed by atoms with Crippen LogP contribution in [0.25, 0.3) is 0 Å². The summed E-state index contributed by atoms with van der Waals surface area (Å²) in [6.07, 6.45) is 0. The van der Waals surface area contributed by atoms with Crippen LogP contribution in [-0.4, -0.2) is 13.0 Å². The van der Waals surface area contributed by atoms with Crippen LogP contribution in [0.1, 0.15) is 21.5 Å². The van der Waals surface area contributed by atoms with E-state index in [9.17, 15) is 4.79 Å². The predicted molar refractivity (Wildman–Crippen MR) is 101 cm³/mol. The minimum Gasteiger partial charge on any atom is -0.497 e. The second kappa shape index (κ2) is 7.67. The molecule has 0 aliphatic heterocycles. The molecule has 0 spiro atoms. The highest BCUT2D eigenvalue weighted by Gasteiger charge is 2.18. The molecule has 3 aromatic carbocycles.